The van der Waals surface area contributed by atoms with Gasteiger partial charge in [0.25, 0.3) is 10.0 Å². The average molecular weight is 399 g/mol. The van der Waals surface area contributed by atoms with Crippen LogP contribution in [0.4, 0.5) is 5.69 Å². The van der Waals surface area contributed by atoms with Gasteiger partial charge in [0.1, 0.15) is 13.2 Å². The zero-order valence-electron chi connectivity index (χ0n) is 15.9. The van der Waals surface area contributed by atoms with Gasteiger partial charge in [-0.25, -0.2) is 13.1 Å². The molecule has 0 spiro atoms. The molecule has 2 aromatic carbocycles. The Labute approximate surface area is 164 Å². The second-order valence-electron chi connectivity index (χ2n) is 6.64. The number of fused-ring (bicyclic) bond motifs is 1. The first-order valence-corrected chi connectivity index (χ1v) is 10.3. The predicted octanol–water partition coefficient (Wildman–Crippen LogP) is 3.09. The highest BCUT2D eigenvalue weighted by Crippen LogP contribution is 2.35. The van der Waals surface area contributed by atoms with Gasteiger partial charge in [0.2, 0.25) is 0 Å². The van der Waals surface area contributed by atoms with E-state index in [1.165, 1.54) is 11.4 Å². The van der Waals surface area contributed by atoms with Crippen molar-refractivity contribution in [2.45, 2.75) is 18.7 Å². The molecule has 0 saturated heterocycles. The van der Waals surface area contributed by atoms with E-state index in [0.29, 0.717) is 36.1 Å². The molecule has 7 nitrogen and oxygen atoms in total. The van der Waals surface area contributed by atoms with E-state index < -0.39 is 10.0 Å². The number of sulfonamides is 1. The molecule has 0 fully saturated rings. The van der Waals surface area contributed by atoms with Crippen molar-refractivity contribution in [3.8, 4) is 17.2 Å². The fourth-order valence-corrected chi connectivity index (χ4v) is 4.42. The van der Waals surface area contributed by atoms with Crippen LogP contribution in [0.25, 0.3) is 5.69 Å². The van der Waals surface area contributed by atoms with Crippen LogP contribution in [0.15, 0.2) is 53.4 Å². The largest absolute Gasteiger partial charge is 0.486 e. The molecule has 0 unspecified atom stereocenters. The van der Waals surface area contributed by atoms with Gasteiger partial charge in [-0.2, -0.15) is 5.10 Å². The molecule has 3 aromatic rings. The summed E-state index contributed by atoms with van der Waals surface area (Å²) < 4.78 is 40.4. The molecule has 0 N–H and O–H groups in total. The summed E-state index contributed by atoms with van der Waals surface area (Å²) >= 11 is 0. The molecule has 146 valence electrons. The number of benzene rings is 2. The van der Waals surface area contributed by atoms with Crippen LogP contribution in [-0.4, -0.2) is 38.5 Å². The maximum absolute atomic E-state index is 13.2. The highest BCUT2D eigenvalue weighted by Gasteiger charge is 2.24. The molecular formula is C20H21N3O4S. The second-order valence-corrected chi connectivity index (χ2v) is 8.61. The normalized spacial score (nSPS) is 13.4. The van der Waals surface area contributed by atoms with Crippen molar-refractivity contribution in [1.82, 2.24) is 9.78 Å². The van der Waals surface area contributed by atoms with E-state index >= 15 is 0 Å². The lowest BCUT2D eigenvalue weighted by Crippen LogP contribution is -2.27. The first-order valence-electron chi connectivity index (χ1n) is 8.88. The fraction of sp³-hybridized carbons (Fsp3) is 0.250. The third-order valence-electron chi connectivity index (χ3n) is 4.62. The molecule has 2 heterocycles. The zero-order chi connectivity index (χ0) is 19.9. The van der Waals surface area contributed by atoms with E-state index in [1.807, 2.05) is 26.0 Å². The van der Waals surface area contributed by atoms with E-state index in [2.05, 4.69) is 5.10 Å². The Morgan fingerprint density at radius 1 is 1.00 bits per heavy atom. The SMILES string of the molecule is Cc1cc(C)n(-c2cccc(S(=O)(=O)N(C)c3ccc4c(c3)OCCO4)c2)n1. The van der Waals surface area contributed by atoms with Gasteiger partial charge >= 0.3 is 0 Å². The molecule has 4 rings (SSSR count). The summed E-state index contributed by atoms with van der Waals surface area (Å²) in [6.45, 7) is 4.76. The fourth-order valence-electron chi connectivity index (χ4n) is 3.19. The van der Waals surface area contributed by atoms with E-state index in [4.69, 9.17) is 9.47 Å². The first-order chi connectivity index (χ1) is 13.4. The number of aryl methyl sites for hydroxylation is 2. The van der Waals surface area contributed by atoms with E-state index in [1.54, 1.807) is 41.1 Å². The smallest absolute Gasteiger partial charge is 0.264 e. The molecule has 28 heavy (non-hydrogen) atoms. The molecular weight excluding hydrogens is 378 g/mol. The topological polar surface area (TPSA) is 73.7 Å². The van der Waals surface area contributed by atoms with Crippen LogP contribution >= 0.6 is 0 Å². The van der Waals surface area contributed by atoms with Crippen molar-refractivity contribution >= 4 is 15.7 Å². The summed E-state index contributed by atoms with van der Waals surface area (Å²) in [5.74, 6) is 1.16. The monoisotopic (exact) mass is 399 g/mol. The third kappa shape index (κ3) is 3.20. The van der Waals surface area contributed by atoms with Gasteiger partial charge < -0.3 is 9.47 Å². The third-order valence-corrected chi connectivity index (χ3v) is 6.40. The summed E-state index contributed by atoms with van der Waals surface area (Å²) in [7, 11) is -2.23. The quantitative estimate of drug-likeness (QED) is 0.674. The minimum atomic E-state index is -3.76. The Hall–Kier alpha value is -3.00. The van der Waals surface area contributed by atoms with Crippen LogP contribution in [0.1, 0.15) is 11.4 Å². The van der Waals surface area contributed by atoms with E-state index in [9.17, 15) is 8.42 Å². The van der Waals surface area contributed by atoms with E-state index in [-0.39, 0.29) is 4.90 Å². The average Bonchev–Trinajstić information content (AvgIpc) is 3.05. The number of anilines is 1. The number of ether oxygens (including phenoxy) is 2. The van der Waals surface area contributed by atoms with Crippen LogP contribution in [0, 0.1) is 13.8 Å². The summed E-state index contributed by atoms with van der Waals surface area (Å²) in [6, 6.07) is 13.8. The van der Waals surface area contributed by atoms with Gasteiger partial charge in [0.15, 0.2) is 11.5 Å². The highest BCUT2D eigenvalue weighted by atomic mass is 32.2. The lowest BCUT2D eigenvalue weighted by molar-refractivity contribution is 0.171. The Kier molecular flexibility index (Phi) is 4.50. The predicted molar refractivity (Wildman–Crippen MR) is 106 cm³/mol. The van der Waals surface area contributed by atoms with Crippen LogP contribution < -0.4 is 13.8 Å². The minimum Gasteiger partial charge on any atom is -0.486 e. The summed E-state index contributed by atoms with van der Waals surface area (Å²) in [5, 5.41) is 4.43. The van der Waals surface area contributed by atoms with Crippen molar-refractivity contribution in [3.63, 3.8) is 0 Å². The lowest BCUT2D eigenvalue weighted by Gasteiger charge is -2.23. The van der Waals surface area contributed by atoms with Gasteiger partial charge in [-0.1, -0.05) is 6.07 Å². The highest BCUT2D eigenvalue weighted by molar-refractivity contribution is 7.92. The number of nitrogens with zero attached hydrogens (tertiary/aromatic N) is 3. The molecule has 0 saturated carbocycles. The van der Waals surface area contributed by atoms with Crippen molar-refractivity contribution in [2.75, 3.05) is 24.6 Å². The minimum absolute atomic E-state index is 0.190. The van der Waals surface area contributed by atoms with Crippen LogP contribution in [0.2, 0.25) is 0 Å². The van der Waals surface area contributed by atoms with Crippen LogP contribution in [0.3, 0.4) is 0 Å². The Balaban J connectivity index is 1.70. The van der Waals surface area contributed by atoms with Gasteiger partial charge in [-0.05, 0) is 50.2 Å². The maximum Gasteiger partial charge on any atom is 0.264 e. The lowest BCUT2D eigenvalue weighted by atomic mass is 10.2. The molecule has 0 bridgehead atoms. The van der Waals surface area contributed by atoms with E-state index in [0.717, 1.165) is 11.4 Å². The molecule has 1 aromatic heterocycles. The molecule has 1 aliphatic rings. The van der Waals surface area contributed by atoms with Crippen LogP contribution in [0.5, 0.6) is 11.5 Å². The number of hydrogen-bond acceptors (Lipinski definition) is 5. The number of hydrogen-bond donors (Lipinski definition) is 0. The Morgan fingerprint density at radius 3 is 2.46 bits per heavy atom. The summed E-state index contributed by atoms with van der Waals surface area (Å²) in [5.41, 5.74) is 3.01. The number of aromatic nitrogens is 2. The van der Waals surface area contributed by atoms with Crippen molar-refractivity contribution in [3.05, 3.63) is 59.9 Å². The van der Waals surface area contributed by atoms with Gasteiger partial charge in [0, 0.05) is 18.8 Å². The molecule has 0 aliphatic carbocycles. The molecule has 8 heteroatoms. The first kappa shape index (κ1) is 18.4. The zero-order valence-corrected chi connectivity index (χ0v) is 16.7. The van der Waals surface area contributed by atoms with Crippen LogP contribution in [-0.2, 0) is 10.0 Å². The van der Waals surface area contributed by atoms with Crippen molar-refractivity contribution < 1.29 is 17.9 Å². The standard InChI is InChI=1S/C20H21N3O4S/c1-14-11-15(2)23(21-14)17-5-4-6-18(12-17)28(24,25)22(3)16-7-8-19-20(13-16)27-10-9-26-19/h4-8,11-13H,9-10H2,1-3H3. The van der Waals surface area contributed by atoms with Gasteiger partial charge in [-0.15, -0.1) is 0 Å². The van der Waals surface area contributed by atoms with Crippen molar-refractivity contribution in [2.24, 2.45) is 0 Å². The summed E-state index contributed by atoms with van der Waals surface area (Å²) in [4.78, 5) is 0.190. The Morgan fingerprint density at radius 2 is 1.75 bits per heavy atom. The molecule has 0 atom stereocenters. The number of rotatable bonds is 4. The van der Waals surface area contributed by atoms with Gasteiger partial charge in [-0.3, -0.25) is 4.31 Å². The maximum atomic E-state index is 13.2. The molecule has 0 radical (unpaired) electrons. The van der Waals surface area contributed by atoms with Gasteiger partial charge in [0.05, 0.1) is 22.0 Å². The van der Waals surface area contributed by atoms with Crippen molar-refractivity contribution in [1.29, 1.82) is 0 Å². The molecule has 0 amide bonds. The Bertz CT molecular complexity index is 1140. The summed E-state index contributed by atoms with van der Waals surface area (Å²) in [6.07, 6.45) is 0. The molecule has 1 aliphatic heterocycles. The second kappa shape index (κ2) is 6.87.